The van der Waals surface area contributed by atoms with Crippen LogP contribution < -0.4 is 4.31 Å². The maximum atomic E-state index is 13.6. The van der Waals surface area contributed by atoms with E-state index in [-0.39, 0.29) is 17.9 Å². The molecule has 0 saturated carbocycles. The van der Waals surface area contributed by atoms with Crippen molar-refractivity contribution in [2.24, 2.45) is 0 Å². The number of carboxylic acid groups (broad SMARTS) is 1. The molecule has 0 radical (unpaired) electrons. The van der Waals surface area contributed by atoms with Crippen LogP contribution in [-0.4, -0.2) is 19.5 Å². The summed E-state index contributed by atoms with van der Waals surface area (Å²) in [5, 5.41) is 9.25. The molecule has 3 aromatic rings. The molecule has 5 nitrogen and oxygen atoms in total. The van der Waals surface area contributed by atoms with Gasteiger partial charge in [0.15, 0.2) is 0 Å². The Morgan fingerprint density at radius 2 is 1.56 bits per heavy atom. The molecule has 0 aromatic heterocycles. The first-order chi connectivity index (χ1) is 15.3. The molecule has 0 aliphatic rings. The Morgan fingerprint density at radius 1 is 0.906 bits per heavy atom. The van der Waals surface area contributed by atoms with E-state index in [1.807, 2.05) is 24.3 Å². The van der Waals surface area contributed by atoms with Crippen LogP contribution in [0.5, 0.6) is 0 Å². The Hall–Kier alpha value is -3.12. The second kappa shape index (κ2) is 10.5. The number of anilines is 1. The SMILES string of the molecule is CCCCc1ccc(CN(c2cccc(CC(=O)O)c2C)S(=O)(=O)c2ccccc2)cc1. The zero-order chi connectivity index (χ0) is 23.1. The number of nitrogens with zero attached hydrogens (tertiary/aromatic N) is 1. The molecule has 6 heteroatoms. The Labute approximate surface area is 190 Å². The van der Waals surface area contributed by atoms with E-state index in [2.05, 4.69) is 6.92 Å². The lowest BCUT2D eigenvalue weighted by atomic mass is 10.0. The number of sulfonamides is 1. The van der Waals surface area contributed by atoms with Crippen LogP contribution in [0.2, 0.25) is 0 Å². The lowest BCUT2D eigenvalue weighted by Crippen LogP contribution is -2.31. The van der Waals surface area contributed by atoms with Gasteiger partial charge in [0.05, 0.1) is 23.5 Å². The number of aryl methyl sites for hydroxylation is 1. The zero-order valence-electron chi connectivity index (χ0n) is 18.5. The monoisotopic (exact) mass is 451 g/mol. The lowest BCUT2D eigenvalue weighted by Gasteiger charge is -2.27. The normalized spacial score (nSPS) is 11.3. The molecular formula is C26H29NO4S. The van der Waals surface area contributed by atoms with E-state index in [0.29, 0.717) is 16.8 Å². The predicted molar refractivity (Wildman–Crippen MR) is 127 cm³/mol. The fourth-order valence-corrected chi connectivity index (χ4v) is 5.20. The van der Waals surface area contributed by atoms with Crippen LogP contribution in [0.3, 0.4) is 0 Å². The van der Waals surface area contributed by atoms with Crippen LogP contribution in [-0.2, 0) is 34.2 Å². The minimum absolute atomic E-state index is 0.155. The van der Waals surface area contributed by atoms with Gasteiger partial charge in [-0.2, -0.15) is 0 Å². The molecule has 1 N–H and O–H groups in total. The molecule has 0 amide bonds. The number of unbranched alkanes of at least 4 members (excludes halogenated alkanes) is 1. The van der Waals surface area contributed by atoms with Crippen molar-refractivity contribution in [3.63, 3.8) is 0 Å². The number of aliphatic carboxylic acids is 1. The maximum absolute atomic E-state index is 13.6. The second-order valence-corrected chi connectivity index (χ2v) is 9.74. The second-order valence-electron chi connectivity index (χ2n) is 7.88. The summed E-state index contributed by atoms with van der Waals surface area (Å²) in [5.74, 6) is -0.953. The van der Waals surface area contributed by atoms with Crippen molar-refractivity contribution in [2.75, 3.05) is 4.31 Å². The molecule has 32 heavy (non-hydrogen) atoms. The molecule has 3 aromatic carbocycles. The van der Waals surface area contributed by atoms with Gasteiger partial charge in [0.25, 0.3) is 10.0 Å². The first kappa shape index (κ1) is 23.5. The van der Waals surface area contributed by atoms with E-state index in [1.54, 1.807) is 55.5 Å². The molecule has 0 saturated heterocycles. The van der Waals surface area contributed by atoms with Gasteiger partial charge < -0.3 is 5.11 Å². The average Bonchev–Trinajstić information content (AvgIpc) is 2.79. The van der Waals surface area contributed by atoms with Gasteiger partial charge in [-0.25, -0.2) is 8.42 Å². The number of carbonyl (C=O) groups is 1. The van der Waals surface area contributed by atoms with Crippen LogP contribution in [0.4, 0.5) is 5.69 Å². The Morgan fingerprint density at radius 3 is 2.19 bits per heavy atom. The summed E-state index contributed by atoms with van der Waals surface area (Å²) in [4.78, 5) is 11.5. The first-order valence-corrected chi connectivity index (χ1v) is 12.2. The van der Waals surface area contributed by atoms with Gasteiger partial charge in [-0.15, -0.1) is 0 Å². The Bertz CT molecular complexity index is 1160. The molecule has 0 aliphatic carbocycles. The fourth-order valence-electron chi connectivity index (χ4n) is 3.67. The largest absolute Gasteiger partial charge is 0.481 e. The quantitative estimate of drug-likeness (QED) is 0.450. The summed E-state index contributed by atoms with van der Waals surface area (Å²) in [7, 11) is -3.86. The van der Waals surface area contributed by atoms with Gasteiger partial charge >= 0.3 is 5.97 Å². The van der Waals surface area contributed by atoms with E-state index in [0.717, 1.165) is 24.8 Å². The van der Waals surface area contributed by atoms with Crippen molar-refractivity contribution in [2.45, 2.75) is 51.0 Å². The van der Waals surface area contributed by atoms with Crippen molar-refractivity contribution in [1.82, 2.24) is 0 Å². The third-order valence-electron chi connectivity index (χ3n) is 5.53. The van der Waals surface area contributed by atoms with Gasteiger partial charge in [-0.05, 0) is 60.2 Å². The van der Waals surface area contributed by atoms with Crippen molar-refractivity contribution in [3.05, 3.63) is 95.1 Å². The molecule has 0 bridgehead atoms. The third-order valence-corrected chi connectivity index (χ3v) is 7.30. The highest BCUT2D eigenvalue weighted by Gasteiger charge is 2.27. The van der Waals surface area contributed by atoms with Gasteiger partial charge in [0.1, 0.15) is 0 Å². The maximum Gasteiger partial charge on any atom is 0.307 e. The number of carboxylic acids is 1. The van der Waals surface area contributed by atoms with E-state index in [9.17, 15) is 18.3 Å². The number of benzene rings is 3. The standard InChI is InChI=1S/C26H29NO4S/c1-3-4-9-21-14-16-22(17-15-21)19-27(32(30,31)24-11-6-5-7-12-24)25-13-8-10-23(20(25)2)18-26(28)29/h5-8,10-17H,3-4,9,18-19H2,1-2H3,(H,28,29). The highest BCUT2D eigenvalue weighted by molar-refractivity contribution is 7.92. The van der Waals surface area contributed by atoms with Crippen LogP contribution >= 0.6 is 0 Å². The van der Waals surface area contributed by atoms with Crippen molar-refractivity contribution < 1.29 is 18.3 Å². The van der Waals surface area contributed by atoms with Crippen LogP contribution in [0.25, 0.3) is 0 Å². The molecule has 0 spiro atoms. The number of hydrogen-bond acceptors (Lipinski definition) is 3. The van der Waals surface area contributed by atoms with E-state index in [4.69, 9.17) is 0 Å². The summed E-state index contributed by atoms with van der Waals surface area (Å²) in [5.41, 5.74) is 3.83. The van der Waals surface area contributed by atoms with Gasteiger partial charge in [0.2, 0.25) is 0 Å². The average molecular weight is 452 g/mol. The van der Waals surface area contributed by atoms with Crippen molar-refractivity contribution in [1.29, 1.82) is 0 Å². The number of rotatable bonds is 10. The predicted octanol–water partition coefficient (Wildman–Crippen LogP) is 5.36. The summed E-state index contributed by atoms with van der Waals surface area (Å²) < 4.78 is 28.7. The lowest BCUT2D eigenvalue weighted by molar-refractivity contribution is -0.136. The molecule has 0 aliphatic heterocycles. The summed E-state index contributed by atoms with van der Waals surface area (Å²) >= 11 is 0. The highest BCUT2D eigenvalue weighted by atomic mass is 32.2. The first-order valence-electron chi connectivity index (χ1n) is 10.8. The highest BCUT2D eigenvalue weighted by Crippen LogP contribution is 2.31. The summed E-state index contributed by atoms with van der Waals surface area (Å²) in [6.07, 6.45) is 3.07. The van der Waals surface area contributed by atoms with Crippen LogP contribution in [0.15, 0.2) is 77.7 Å². The van der Waals surface area contributed by atoms with Crippen molar-refractivity contribution >= 4 is 21.7 Å². The van der Waals surface area contributed by atoms with E-state index in [1.165, 1.54) is 9.87 Å². The molecule has 168 valence electrons. The van der Waals surface area contributed by atoms with Crippen LogP contribution in [0.1, 0.15) is 42.0 Å². The summed E-state index contributed by atoms with van der Waals surface area (Å²) in [6.45, 7) is 4.08. The molecule has 0 unspecified atom stereocenters. The van der Waals surface area contributed by atoms with Gasteiger partial charge in [-0.1, -0.05) is 67.9 Å². The smallest absolute Gasteiger partial charge is 0.307 e. The Balaban J connectivity index is 2.04. The summed E-state index contributed by atoms with van der Waals surface area (Å²) in [6, 6.07) is 21.5. The molecule has 0 fully saturated rings. The zero-order valence-corrected chi connectivity index (χ0v) is 19.3. The van der Waals surface area contributed by atoms with Crippen LogP contribution in [0, 0.1) is 6.92 Å². The third kappa shape index (κ3) is 5.56. The van der Waals surface area contributed by atoms with Gasteiger partial charge in [0, 0.05) is 0 Å². The molecular weight excluding hydrogens is 422 g/mol. The van der Waals surface area contributed by atoms with E-state index < -0.39 is 16.0 Å². The number of hydrogen-bond donors (Lipinski definition) is 1. The molecule has 0 heterocycles. The van der Waals surface area contributed by atoms with Crippen molar-refractivity contribution in [3.8, 4) is 0 Å². The molecule has 0 atom stereocenters. The van der Waals surface area contributed by atoms with E-state index >= 15 is 0 Å². The fraction of sp³-hybridized carbons (Fsp3) is 0.269. The topological polar surface area (TPSA) is 74.7 Å². The van der Waals surface area contributed by atoms with Gasteiger partial charge in [-0.3, -0.25) is 9.10 Å². The minimum atomic E-state index is -3.86. The molecule has 3 rings (SSSR count). The Kier molecular flexibility index (Phi) is 7.70. The minimum Gasteiger partial charge on any atom is -0.481 e.